The summed E-state index contributed by atoms with van der Waals surface area (Å²) >= 11 is 3.29. The SMILES string of the molecule is N#Cc1ccc(NCC(=O)N2CCN(S(=O)(=O)c3cccc(Br)c3)CC2)cc1. The standard InChI is InChI=1S/C19H19BrN4O3S/c20-16-2-1-3-18(12-16)28(26,27)24-10-8-23(9-11-24)19(25)14-22-17-6-4-15(13-21)5-7-17/h1-7,12,22H,8-11,14H2. The number of carbonyl (C=O) groups excluding carboxylic acids is 1. The van der Waals surface area contributed by atoms with Crippen molar-refractivity contribution in [2.75, 3.05) is 38.0 Å². The Hall–Kier alpha value is -2.41. The minimum Gasteiger partial charge on any atom is -0.376 e. The van der Waals surface area contributed by atoms with Crippen molar-refractivity contribution in [3.8, 4) is 6.07 Å². The lowest BCUT2D eigenvalue weighted by molar-refractivity contribution is -0.130. The predicted molar refractivity (Wildman–Crippen MR) is 109 cm³/mol. The third-order valence-corrected chi connectivity index (χ3v) is 6.87. The number of sulfonamides is 1. The second-order valence-corrected chi connectivity index (χ2v) is 9.14. The van der Waals surface area contributed by atoms with E-state index >= 15 is 0 Å². The first-order chi connectivity index (χ1) is 13.4. The average molecular weight is 463 g/mol. The van der Waals surface area contributed by atoms with E-state index in [0.717, 1.165) is 5.69 Å². The highest BCUT2D eigenvalue weighted by molar-refractivity contribution is 9.10. The Morgan fingerprint density at radius 1 is 1.11 bits per heavy atom. The molecule has 3 rings (SSSR count). The maximum absolute atomic E-state index is 12.7. The molecule has 28 heavy (non-hydrogen) atoms. The van der Waals surface area contributed by atoms with Crippen molar-refractivity contribution in [2.24, 2.45) is 0 Å². The third kappa shape index (κ3) is 4.70. The number of piperazine rings is 1. The smallest absolute Gasteiger partial charge is 0.243 e. The normalized spacial score (nSPS) is 15.1. The number of carbonyl (C=O) groups is 1. The van der Waals surface area contributed by atoms with E-state index in [0.29, 0.717) is 23.1 Å². The van der Waals surface area contributed by atoms with Crippen molar-refractivity contribution in [3.05, 3.63) is 58.6 Å². The summed E-state index contributed by atoms with van der Waals surface area (Å²) in [5.74, 6) is -0.0936. The number of anilines is 1. The molecule has 7 nitrogen and oxygen atoms in total. The van der Waals surface area contributed by atoms with Gasteiger partial charge in [-0.3, -0.25) is 4.79 Å². The van der Waals surface area contributed by atoms with Gasteiger partial charge in [0.2, 0.25) is 15.9 Å². The van der Waals surface area contributed by atoms with Crippen molar-refractivity contribution >= 4 is 37.5 Å². The fourth-order valence-corrected chi connectivity index (χ4v) is 4.93. The summed E-state index contributed by atoms with van der Waals surface area (Å²) in [4.78, 5) is 14.3. The molecule has 0 radical (unpaired) electrons. The quantitative estimate of drug-likeness (QED) is 0.735. The van der Waals surface area contributed by atoms with E-state index in [-0.39, 0.29) is 30.4 Å². The average Bonchev–Trinajstić information content (AvgIpc) is 2.72. The molecule has 0 bridgehead atoms. The van der Waals surface area contributed by atoms with Gasteiger partial charge in [0, 0.05) is 36.3 Å². The van der Waals surface area contributed by atoms with Crippen molar-refractivity contribution in [3.63, 3.8) is 0 Å². The van der Waals surface area contributed by atoms with Crippen molar-refractivity contribution < 1.29 is 13.2 Å². The molecule has 1 N–H and O–H groups in total. The highest BCUT2D eigenvalue weighted by Gasteiger charge is 2.30. The first-order valence-corrected chi connectivity index (χ1v) is 10.9. The Balaban J connectivity index is 1.54. The summed E-state index contributed by atoms with van der Waals surface area (Å²) in [5, 5.41) is 11.8. The summed E-state index contributed by atoms with van der Waals surface area (Å²) in [5.41, 5.74) is 1.31. The number of nitrogens with one attached hydrogen (secondary N) is 1. The molecule has 0 aromatic heterocycles. The molecule has 1 aliphatic rings. The van der Waals surface area contributed by atoms with Gasteiger partial charge in [-0.25, -0.2) is 8.42 Å². The first kappa shape index (κ1) is 20.3. The maximum atomic E-state index is 12.7. The zero-order valence-electron chi connectivity index (χ0n) is 15.0. The second kappa shape index (κ2) is 8.73. The molecule has 0 unspecified atom stereocenters. The fraction of sp³-hybridized carbons (Fsp3) is 0.263. The number of nitriles is 1. The summed E-state index contributed by atoms with van der Waals surface area (Å²) in [6.07, 6.45) is 0. The summed E-state index contributed by atoms with van der Waals surface area (Å²) in [6.45, 7) is 1.33. The van der Waals surface area contributed by atoms with Crippen LogP contribution in [0.5, 0.6) is 0 Å². The van der Waals surface area contributed by atoms with Crippen LogP contribution in [0.4, 0.5) is 5.69 Å². The fourth-order valence-electron chi connectivity index (χ4n) is 2.91. The Labute approximate surface area is 172 Å². The number of amides is 1. The van der Waals surface area contributed by atoms with Gasteiger partial charge in [-0.1, -0.05) is 22.0 Å². The van der Waals surface area contributed by atoms with Crippen LogP contribution in [-0.2, 0) is 14.8 Å². The predicted octanol–water partition coefficient (Wildman–Crippen LogP) is 2.27. The molecule has 1 amide bonds. The molecular weight excluding hydrogens is 444 g/mol. The van der Waals surface area contributed by atoms with E-state index in [4.69, 9.17) is 5.26 Å². The van der Waals surface area contributed by atoms with Crippen molar-refractivity contribution in [1.29, 1.82) is 5.26 Å². The zero-order valence-corrected chi connectivity index (χ0v) is 17.4. The number of hydrogen-bond donors (Lipinski definition) is 1. The van der Waals surface area contributed by atoms with Crippen LogP contribution in [0.3, 0.4) is 0 Å². The Bertz CT molecular complexity index is 995. The van der Waals surface area contributed by atoms with Crippen LogP contribution in [0.2, 0.25) is 0 Å². The van der Waals surface area contributed by atoms with Crippen molar-refractivity contribution in [2.45, 2.75) is 4.90 Å². The van der Waals surface area contributed by atoms with E-state index in [2.05, 4.69) is 21.2 Å². The monoisotopic (exact) mass is 462 g/mol. The van der Waals surface area contributed by atoms with Crippen LogP contribution in [0, 0.1) is 11.3 Å². The van der Waals surface area contributed by atoms with Crippen LogP contribution in [0.15, 0.2) is 57.9 Å². The van der Waals surface area contributed by atoms with Crippen LogP contribution >= 0.6 is 15.9 Å². The Morgan fingerprint density at radius 2 is 1.79 bits per heavy atom. The van der Waals surface area contributed by atoms with Gasteiger partial charge in [-0.15, -0.1) is 0 Å². The molecule has 1 heterocycles. The molecule has 1 fully saturated rings. The number of rotatable bonds is 5. The topological polar surface area (TPSA) is 93.5 Å². The lowest BCUT2D eigenvalue weighted by Crippen LogP contribution is -2.51. The molecule has 0 aliphatic carbocycles. The lowest BCUT2D eigenvalue weighted by atomic mass is 10.2. The minimum atomic E-state index is -3.57. The number of nitrogens with zero attached hydrogens (tertiary/aromatic N) is 3. The summed E-state index contributed by atoms with van der Waals surface area (Å²) < 4.78 is 27.6. The molecule has 0 spiro atoms. The molecular formula is C19H19BrN4O3S. The number of hydrogen-bond acceptors (Lipinski definition) is 5. The lowest BCUT2D eigenvalue weighted by Gasteiger charge is -2.34. The van der Waals surface area contributed by atoms with Gasteiger partial charge in [0.15, 0.2) is 0 Å². The van der Waals surface area contributed by atoms with Crippen LogP contribution in [0.1, 0.15) is 5.56 Å². The second-order valence-electron chi connectivity index (χ2n) is 6.28. The van der Waals surface area contributed by atoms with Crippen LogP contribution in [0.25, 0.3) is 0 Å². The molecule has 0 saturated carbocycles. The first-order valence-electron chi connectivity index (χ1n) is 8.68. The van der Waals surface area contributed by atoms with Gasteiger partial charge in [-0.05, 0) is 42.5 Å². The van der Waals surface area contributed by atoms with Gasteiger partial charge >= 0.3 is 0 Å². The summed E-state index contributed by atoms with van der Waals surface area (Å²) in [6, 6.07) is 15.5. The van der Waals surface area contributed by atoms with Gasteiger partial charge in [0.25, 0.3) is 0 Å². The van der Waals surface area contributed by atoms with Gasteiger partial charge in [0.1, 0.15) is 0 Å². The molecule has 2 aromatic rings. The molecule has 0 atom stereocenters. The van der Waals surface area contributed by atoms with Gasteiger partial charge < -0.3 is 10.2 Å². The number of benzene rings is 2. The van der Waals surface area contributed by atoms with Gasteiger partial charge in [-0.2, -0.15) is 9.57 Å². The van der Waals surface area contributed by atoms with E-state index < -0.39 is 10.0 Å². The Morgan fingerprint density at radius 3 is 2.39 bits per heavy atom. The largest absolute Gasteiger partial charge is 0.376 e. The molecule has 1 aliphatic heterocycles. The molecule has 1 saturated heterocycles. The van der Waals surface area contributed by atoms with Crippen LogP contribution in [-0.4, -0.2) is 56.3 Å². The van der Waals surface area contributed by atoms with Crippen LogP contribution < -0.4 is 5.32 Å². The van der Waals surface area contributed by atoms with E-state index in [1.165, 1.54) is 4.31 Å². The molecule has 146 valence electrons. The number of halogens is 1. The van der Waals surface area contributed by atoms with E-state index in [1.807, 2.05) is 6.07 Å². The summed E-state index contributed by atoms with van der Waals surface area (Å²) in [7, 11) is -3.57. The van der Waals surface area contributed by atoms with E-state index in [1.54, 1.807) is 53.4 Å². The molecule has 9 heteroatoms. The van der Waals surface area contributed by atoms with E-state index in [9.17, 15) is 13.2 Å². The molecule has 2 aromatic carbocycles. The Kier molecular flexibility index (Phi) is 6.34. The zero-order chi connectivity index (χ0) is 20.1. The maximum Gasteiger partial charge on any atom is 0.243 e. The van der Waals surface area contributed by atoms with Crippen molar-refractivity contribution in [1.82, 2.24) is 9.21 Å². The third-order valence-electron chi connectivity index (χ3n) is 4.48. The highest BCUT2D eigenvalue weighted by Crippen LogP contribution is 2.21. The minimum absolute atomic E-state index is 0.0936. The highest BCUT2D eigenvalue weighted by atomic mass is 79.9. The van der Waals surface area contributed by atoms with Gasteiger partial charge in [0.05, 0.1) is 23.1 Å².